The first-order chi connectivity index (χ1) is 32.0. The summed E-state index contributed by atoms with van der Waals surface area (Å²) in [7, 11) is 1.56. The number of unbranched alkanes of at least 4 members (excludes halogenated alkanes) is 1. The second kappa shape index (κ2) is 21.6. The summed E-state index contributed by atoms with van der Waals surface area (Å²) in [6, 6.07) is 28.1. The maximum absolute atomic E-state index is 14.3. The Kier molecular flexibility index (Phi) is 15.1. The zero-order chi connectivity index (χ0) is 46.6. The van der Waals surface area contributed by atoms with Gasteiger partial charge in [0.05, 0.1) is 31.2 Å². The molecule has 0 fully saturated rings. The predicted molar refractivity (Wildman–Crippen MR) is 239 cm³/mol. The van der Waals surface area contributed by atoms with Crippen molar-refractivity contribution in [3.8, 4) is 40.0 Å². The van der Waals surface area contributed by atoms with Crippen LogP contribution in [0, 0.1) is 20.2 Å². The van der Waals surface area contributed by atoms with Crippen LogP contribution in [0.25, 0.3) is 17.3 Å². The van der Waals surface area contributed by atoms with Crippen LogP contribution < -0.4 is 23.7 Å². The highest BCUT2D eigenvalue weighted by Crippen LogP contribution is 2.38. The first-order valence-corrected chi connectivity index (χ1v) is 21.1. The zero-order valence-electron chi connectivity index (χ0n) is 35.8. The maximum Gasteiger partial charge on any atom is 0.343 e. The van der Waals surface area contributed by atoms with Crippen LogP contribution in [0.2, 0.25) is 5.02 Å². The summed E-state index contributed by atoms with van der Waals surface area (Å²) in [5.74, 6) is 0.754. The molecule has 340 valence electrons. The Morgan fingerprint density at radius 2 is 1.52 bits per heavy atom. The highest BCUT2D eigenvalue weighted by molar-refractivity contribution is 6.30. The SMILES string of the molecule is CCCCn1ncc(C=C(Cc2cc3c(cc2OC)CCO3)C(=O)Oc2ccc(CO[N+](=O)[O-])cc2)c1-c1ccc(Cl)cc1OCc1ccccc1C(=O)Oc1ccc(CO[N+](=O)[O-])cc1. The second-order valence-electron chi connectivity index (χ2n) is 14.9. The number of rotatable bonds is 21. The Bertz CT molecular complexity index is 2750. The number of hydrogen-bond acceptors (Lipinski definition) is 14. The largest absolute Gasteiger partial charge is 0.496 e. The monoisotopic (exact) mass is 918 g/mol. The summed E-state index contributed by atoms with van der Waals surface area (Å²) < 4.78 is 31.6. The molecule has 2 heterocycles. The Labute approximate surface area is 383 Å². The molecule has 0 saturated heterocycles. The summed E-state index contributed by atoms with van der Waals surface area (Å²) in [4.78, 5) is 58.0. The first kappa shape index (κ1) is 46.1. The molecule has 6 aromatic rings. The fraction of sp³-hybridized carbons (Fsp3) is 0.229. The van der Waals surface area contributed by atoms with Crippen LogP contribution in [0.1, 0.15) is 63.5 Å². The van der Waals surface area contributed by atoms with Gasteiger partial charge in [-0.25, -0.2) is 9.59 Å². The van der Waals surface area contributed by atoms with Gasteiger partial charge in [0.2, 0.25) is 0 Å². The predicted octanol–water partition coefficient (Wildman–Crippen LogP) is 9.39. The van der Waals surface area contributed by atoms with E-state index in [4.69, 9.17) is 40.4 Å². The lowest BCUT2D eigenvalue weighted by atomic mass is 9.98. The van der Waals surface area contributed by atoms with E-state index < -0.39 is 22.1 Å². The van der Waals surface area contributed by atoms with Crippen LogP contribution >= 0.6 is 11.6 Å². The molecule has 0 spiro atoms. The highest BCUT2D eigenvalue weighted by atomic mass is 35.5. The van der Waals surface area contributed by atoms with E-state index in [1.807, 2.05) is 16.8 Å². The Balaban J connectivity index is 1.21. The van der Waals surface area contributed by atoms with Crippen molar-refractivity contribution in [2.24, 2.45) is 0 Å². The molecule has 18 heteroatoms. The number of carbonyl (C=O) groups is 2. The Morgan fingerprint density at radius 3 is 2.18 bits per heavy atom. The number of benzene rings is 5. The molecule has 0 amide bonds. The van der Waals surface area contributed by atoms with Gasteiger partial charge in [0.25, 0.3) is 10.2 Å². The number of hydrogen-bond donors (Lipinski definition) is 0. The molecule has 1 aliphatic rings. The average Bonchev–Trinajstić information content (AvgIpc) is 3.95. The third kappa shape index (κ3) is 11.8. The number of fused-ring (bicyclic) bond motifs is 1. The molecule has 17 nitrogen and oxygen atoms in total. The minimum atomic E-state index is -0.885. The van der Waals surface area contributed by atoms with Crippen LogP contribution in [0.4, 0.5) is 0 Å². The molecule has 0 saturated carbocycles. The fourth-order valence-electron chi connectivity index (χ4n) is 7.13. The lowest BCUT2D eigenvalue weighted by Crippen LogP contribution is -2.14. The maximum atomic E-state index is 14.3. The van der Waals surface area contributed by atoms with Gasteiger partial charge < -0.3 is 33.4 Å². The Hall–Kier alpha value is -7.92. The molecular weight excluding hydrogens is 876 g/mol. The number of halogens is 1. The van der Waals surface area contributed by atoms with Crippen molar-refractivity contribution >= 4 is 29.6 Å². The molecule has 0 bridgehead atoms. The lowest BCUT2D eigenvalue weighted by Gasteiger charge is -2.17. The standard InChI is InChI=1S/C48H43ClN4O13/c1-3-4-20-51-46(42-18-13-38(49)26-45(42)62-30-34-7-5-6-8-41(34)48(55)66-40-16-11-32(12-17-40)29-64-53(58)59)37(27-50-51)23-36(22-35-25-44-33(19-21-61-44)24-43(35)60-2)47(54)65-39-14-9-31(10-15-39)28-63-52(56)57/h5-18,23-27H,3-4,19-22,28-30H2,1-2H3. The minimum Gasteiger partial charge on any atom is -0.496 e. The molecule has 7 rings (SSSR count). The fourth-order valence-corrected chi connectivity index (χ4v) is 7.30. The normalized spacial score (nSPS) is 11.8. The van der Waals surface area contributed by atoms with Gasteiger partial charge in [0.15, 0.2) is 0 Å². The van der Waals surface area contributed by atoms with E-state index in [0.717, 1.165) is 24.8 Å². The molecule has 0 aliphatic carbocycles. The number of methoxy groups -OCH3 is 1. The summed E-state index contributed by atoms with van der Waals surface area (Å²) in [6.45, 7) is 2.54. The van der Waals surface area contributed by atoms with Gasteiger partial charge in [0, 0.05) is 57.8 Å². The van der Waals surface area contributed by atoms with E-state index in [1.165, 1.54) is 24.3 Å². The van der Waals surface area contributed by atoms with Gasteiger partial charge in [-0.1, -0.05) is 67.4 Å². The molecule has 1 aromatic heterocycles. The molecule has 66 heavy (non-hydrogen) atoms. The molecule has 0 N–H and O–H groups in total. The van der Waals surface area contributed by atoms with Crippen LogP contribution in [0.5, 0.6) is 28.7 Å². The van der Waals surface area contributed by atoms with Crippen molar-refractivity contribution in [1.82, 2.24) is 9.78 Å². The Morgan fingerprint density at radius 1 is 0.833 bits per heavy atom. The van der Waals surface area contributed by atoms with Gasteiger partial charge in [-0.3, -0.25) is 4.68 Å². The summed E-state index contributed by atoms with van der Waals surface area (Å²) in [6.07, 6.45) is 5.84. The van der Waals surface area contributed by atoms with Crippen molar-refractivity contribution in [3.05, 3.63) is 179 Å². The van der Waals surface area contributed by atoms with Gasteiger partial charge in [-0.05, 0) is 84.3 Å². The third-order valence-corrected chi connectivity index (χ3v) is 10.7. The molecule has 0 atom stereocenters. The number of ether oxygens (including phenoxy) is 5. The van der Waals surface area contributed by atoms with E-state index >= 15 is 0 Å². The first-order valence-electron chi connectivity index (χ1n) is 20.7. The topological polar surface area (TPSA) is 203 Å². The summed E-state index contributed by atoms with van der Waals surface area (Å²) in [5.41, 5.74) is 5.49. The summed E-state index contributed by atoms with van der Waals surface area (Å²) >= 11 is 6.59. The van der Waals surface area contributed by atoms with Crippen LogP contribution in [-0.2, 0) is 53.7 Å². The number of aromatic nitrogens is 2. The average molecular weight is 919 g/mol. The van der Waals surface area contributed by atoms with Crippen molar-refractivity contribution in [2.75, 3.05) is 13.7 Å². The number of nitrogens with zero attached hydrogens (tertiary/aromatic N) is 4. The lowest BCUT2D eigenvalue weighted by molar-refractivity contribution is -0.763. The van der Waals surface area contributed by atoms with Gasteiger partial charge in [0.1, 0.15) is 48.6 Å². The molecule has 1 aliphatic heterocycles. The van der Waals surface area contributed by atoms with Crippen molar-refractivity contribution < 1.29 is 53.1 Å². The number of carbonyl (C=O) groups excluding carboxylic acids is 2. The van der Waals surface area contributed by atoms with Crippen LogP contribution in [0.15, 0.2) is 115 Å². The van der Waals surface area contributed by atoms with E-state index in [1.54, 1.807) is 86.1 Å². The molecule has 0 unspecified atom stereocenters. The number of esters is 2. The van der Waals surface area contributed by atoms with E-state index in [0.29, 0.717) is 74.5 Å². The molecular formula is C48H43ClN4O13. The smallest absolute Gasteiger partial charge is 0.343 e. The molecule has 5 aromatic carbocycles. The summed E-state index contributed by atoms with van der Waals surface area (Å²) in [5, 5.41) is 24.7. The van der Waals surface area contributed by atoms with Gasteiger partial charge in [-0.15, -0.1) is 20.2 Å². The van der Waals surface area contributed by atoms with Gasteiger partial charge in [-0.2, -0.15) is 5.10 Å². The van der Waals surface area contributed by atoms with Crippen LogP contribution in [0.3, 0.4) is 0 Å². The van der Waals surface area contributed by atoms with Crippen molar-refractivity contribution in [3.63, 3.8) is 0 Å². The van der Waals surface area contributed by atoms with Crippen molar-refractivity contribution in [2.45, 2.75) is 59.0 Å². The van der Waals surface area contributed by atoms with E-state index in [2.05, 4.69) is 16.6 Å². The van der Waals surface area contributed by atoms with Gasteiger partial charge >= 0.3 is 11.9 Å². The van der Waals surface area contributed by atoms with Crippen molar-refractivity contribution in [1.29, 1.82) is 0 Å². The third-order valence-electron chi connectivity index (χ3n) is 10.4. The quantitative estimate of drug-likeness (QED) is 0.0217. The molecule has 0 radical (unpaired) electrons. The van der Waals surface area contributed by atoms with E-state index in [9.17, 15) is 29.8 Å². The van der Waals surface area contributed by atoms with Crippen LogP contribution in [-0.4, -0.2) is 45.6 Å². The number of aryl methyl sites for hydroxylation is 1. The second-order valence-corrected chi connectivity index (χ2v) is 15.3. The van der Waals surface area contributed by atoms with E-state index in [-0.39, 0.29) is 48.9 Å². The minimum absolute atomic E-state index is 0.0707. The zero-order valence-corrected chi connectivity index (χ0v) is 36.6. The highest BCUT2D eigenvalue weighted by Gasteiger charge is 2.24.